The van der Waals surface area contributed by atoms with Gasteiger partial charge in [0.15, 0.2) is 11.4 Å². The van der Waals surface area contributed by atoms with E-state index in [0.29, 0.717) is 11.8 Å². The Balaban J connectivity index is 1.48. The quantitative estimate of drug-likeness (QED) is 0.704. The van der Waals surface area contributed by atoms with E-state index in [1.165, 1.54) is 6.20 Å². The minimum absolute atomic E-state index is 0.0433. The topological polar surface area (TPSA) is 91.6 Å². The van der Waals surface area contributed by atoms with Gasteiger partial charge >= 0.3 is 0 Å². The number of halogens is 3. The molecule has 3 aliphatic rings. The third-order valence-corrected chi connectivity index (χ3v) is 7.04. The number of nitrogens with one attached hydrogen (secondary N) is 1. The number of aromatic hydroxyl groups is 1. The normalized spacial score (nSPS) is 25.7. The van der Waals surface area contributed by atoms with Crippen LogP contribution in [0.1, 0.15) is 45.3 Å². The number of hydrogen-bond acceptors (Lipinski definition) is 4. The summed E-state index contributed by atoms with van der Waals surface area (Å²) in [6.45, 7) is -0.343. The largest absolute Gasteiger partial charge is 0.503 e. The SMILES string of the molecule is CN1C(=O)c2c(O)c(=O)c(C(=O)NCc3ccc(F)c(Cl)c3F)cn2[C@H]2CC3CC3[C@H]21. The van der Waals surface area contributed by atoms with Crippen molar-refractivity contribution in [2.45, 2.75) is 31.5 Å². The molecule has 2 heterocycles. The van der Waals surface area contributed by atoms with Gasteiger partial charge in [0.25, 0.3) is 11.8 Å². The van der Waals surface area contributed by atoms with Crippen molar-refractivity contribution >= 4 is 23.4 Å². The maximum Gasteiger partial charge on any atom is 0.274 e. The van der Waals surface area contributed by atoms with Gasteiger partial charge < -0.3 is 19.9 Å². The number of carbonyl (C=O) groups excluding carboxylic acids is 2. The van der Waals surface area contributed by atoms with Gasteiger partial charge in [-0.25, -0.2) is 8.78 Å². The molecule has 2 saturated carbocycles. The summed E-state index contributed by atoms with van der Waals surface area (Å²) in [7, 11) is 1.66. The van der Waals surface area contributed by atoms with Crippen molar-refractivity contribution < 1.29 is 23.5 Å². The molecule has 0 spiro atoms. The smallest absolute Gasteiger partial charge is 0.274 e. The van der Waals surface area contributed by atoms with Crippen LogP contribution in [-0.2, 0) is 6.54 Å². The second kappa shape index (κ2) is 6.78. The monoisotopic (exact) mass is 449 g/mol. The molecule has 2 amide bonds. The van der Waals surface area contributed by atoms with Crippen LogP contribution in [0.15, 0.2) is 23.1 Å². The number of pyridine rings is 1. The molecule has 10 heteroatoms. The average molecular weight is 450 g/mol. The van der Waals surface area contributed by atoms with Crippen LogP contribution >= 0.6 is 11.6 Å². The lowest BCUT2D eigenvalue weighted by Crippen LogP contribution is -2.49. The van der Waals surface area contributed by atoms with E-state index in [2.05, 4.69) is 5.32 Å². The Kier molecular flexibility index (Phi) is 4.37. The van der Waals surface area contributed by atoms with E-state index in [-0.39, 0.29) is 35.4 Å². The molecule has 0 bridgehead atoms. The fourth-order valence-electron chi connectivity index (χ4n) is 5.05. The van der Waals surface area contributed by atoms with Gasteiger partial charge in [-0.15, -0.1) is 0 Å². The van der Waals surface area contributed by atoms with Crippen molar-refractivity contribution in [3.05, 3.63) is 62.0 Å². The van der Waals surface area contributed by atoms with Crippen molar-refractivity contribution in [1.29, 1.82) is 0 Å². The molecule has 5 rings (SSSR count). The maximum absolute atomic E-state index is 14.1. The number of aromatic nitrogens is 1. The van der Waals surface area contributed by atoms with Gasteiger partial charge in [-0.1, -0.05) is 17.7 Å². The number of benzene rings is 1. The zero-order valence-corrected chi connectivity index (χ0v) is 17.1. The predicted molar refractivity (Wildman–Crippen MR) is 106 cm³/mol. The van der Waals surface area contributed by atoms with Crippen molar-refractivity contribution in [3.8, 4) is 5.75 Å². The summed E-state index contributed by atoms with van der Waals surface area (Å²) >= 11 is 5.55. The highest BCUT2D eigenvalue weighted by molar-refractivity contribution is 6.30. The Morgan fingerprint density at radius 2 is 2.03 bits per heavy atom. The standard InChI is InChI=1S/C21H18ClF2N3O4/c1-26-16-10-4-9(10)5-13(16)27-7-11(18(28)19(29)17(27)21(26)31)20(30)25-6-8-2-3-12(23)14(22)15(8)24/h2-3,7,9-10,13,16,29H,4-6H2,1H3,(H,25,30)/t9?,10?,13-,16+/m0/s1. The number of rotatable bonds is 3. The molecule has 2 aromatic rings. The average Bonchev–Trinajstić information content (AvgIpc) is 3.41. The van der Waals surface area contributed by atoms with Gasteiger partial charge in [0, 0.05) is 25.4 Å². The minimum Gasteiger partial charge on any atom is -0.503 e. The number of fused-ring (bicyclic) bond motifs is 5. The molecule has 1 aromatic carbocycles. The van der Waals surface area contributed by atoms with E-state index in [4.69, 9.17) is 11.6 Å². The lowest BCUT2D eigenvalue weighted by Gasteiger charge is -2.39. The summed E-state index contributed by atoms with van der Waals surface area (Å²) in [5.74, 6) is -3.14. The Labute approximate surface area is 180 Å². The molecule has 0 radical (unpaired) electrons. The van der Waals surface area contributed by atoms with Gasteiger partial charge in [0.05, 0.1) is 12.1 Å². The van der Waals surface area contributed by atoms with E-state index in [0.717, 1.165) is 25.0 Å². The number of amides is 2. The highest BCUT2D eigenvalue weighted by Gasteiger charge is 2.58. The van der Waals surface area contributed by atoms with Crippen LogP contribution in [0.3, 0.4) is 0 Å². The zero-order chi connectivity index (χ0) is 22.2. The summed E-state index contributed by atoms with van der Waals surface area (Å²) in [6.07, 6.45) is 3.14. The predicted octanol–water partition coefficient (Wildman–Crippen LogP) is 2.45. The molecule has 2 fully saturated rings. The van der Waals surface area contributed by atoms with Crippen molar-refractivity contribution in [3.63, 3.8) is 0 Å². The Hall–Kier alpha value is -2.94. The van der Waals surface area contributed by atoms with Crippen LogP contribution in [0.25, 0.3) is 0 Å². The molecular weight excluding hydrogens is 432 g/mol. The van der Waals surface area contributed by atoms with Crippen molar-refractivity contribution in [2.75, 3.05) is 7.05 Å². The van der Waals surface area contributed by atoms with E-state index >= 15 is 0 Å². The molecule has 2 N–H and O–H groups in total. The van der Waals surface area contributed by atoms with E-state index in [9.17, 15) is 28.3 Å². The molecule has 0 saturated heterocycles. The fourth-order valence-corrected chi connectivity index (χ4v) is 5.23. The lowest BCUT2D eigenvalue weighted by molar-refractivity contribution is 0.0581. The molecule has 1 aliphatic heterocycles. The molecule has 162 valence electrons. The van der Waals surface area contributed by atoms with Crippen LogP contribution in [0, 0.1) is 23.5 Å². The Morgan fingerprint density at radius 1 is 1.29 bits per heavy atom. The summed E-state index contributed by atoms with van der Waals surface area (Å²) in [5, 5.41) is 12.2. The Morgan fingerprint density at radius 3 is 2.77 bits per heavy atom. The van der Waals surface area contributed by atoms with Crippen LogP contribution in [0.2, 0.25) is 5.02 Å². The molecular formula is C21H18ClF2N3O4. The number of likely N-dealkylation sites (N-methyl/N-ethyl adjacent to an activating group) is 1. The molecule has 1 aromatic heterocycles. The third kappa shape index (κ3) is 2.86. The van der Waals surface area contributed by atoms with Gasteiger partial charge in [-0.05, 0) is 30.7 Å². The van der Waals surface area contributed by atoms with Crippen molar-refractivity contribution in [2.24, 2.45) is 11.8 Å². The first-order chi connectivity index (χ1) is 14.7. The molecule has 2 unspecified atom stereocenters. The van der Waals surface area contributed by atoms with Gasteiger partial charge in [-0.3, -0.25) is 14.4 Å². The van der Waals surface area contributed by atoms with Gasteiger partial charge in [0.1, 0.15) is 22.2 Å². The summed E-state index contributed by atoms with van der Waals surface area (Å²) in [4.78, 5) is 39.7. The first kappa shape index (κ1) is 20.0. The van der Waals surface area contributed by atoms with Crippen LogP contribution in [0.4, 0.5) is 8.78 Å². The summed E-state index contributed by atoms with van der Waals surface area (Å²) < 4.78 is 28.9. The van der Waals surface area contributed by atoms with Crippen LogP contribution in [-0.4, -0.2) is 39.5 Å². The lowest BCUT2D eigenvalue weighted by atomic mass is 9.99. The summed E-state index contributed by atoms with van der Waals surface area (Å²) in [5.41, 5.74) is -1.52. The first-order valence-corrected chi connectivity index (χ1v) is 10.2. The van der Waals surface area contributed by atoms with E-state index in [1.807, 2.05) is 0 Å². The number of hydrogen-bond donors (Lipinski definition) is 2. The Bertz CT molecular complexity index is 1210. The minimum atomic E-state index is -1.01. The van der Waals surface area contributed by atoms with Crippen molar-refractivity contribution in [1.82, 2.24) is 14.8 Å². The number of nitrogens with zero attached hydrogens (tertiary/aromatic N) is 2. The van der Waals surface area contributed by atoms with Crippen LogP contribution < -0.4 is 10.7 Å². The second-order valence-corrected chi connectivity index (χ2v) is 8.74. The summed E-state index contributed by atoms with van der Waals surface area (Å²) in [6, 6.07) is 1.93. The first-order valence-electron chi connectivity index (χ1n) is 9.86. The van der Waals surface area contributed by atoms with E-state index < -0.39 is 39.6 Å². The maximum atomic E-state index is 14.1. The molecule has 7 nitrogen and oxygen atoms in total. The molecule has 31 heavy (non-hydrogen) atoms. The third-order valence-electron chi connectivity index (χ3n) is 6.69. The fraction of sp³-hybridized carbons (Fsp3) is 0.381. The number of carbonyl (C=O) groups is 2. The highest BCUT2D eigenvalue weighted by atomic mass is 35.5. The van der Waals surface area contributed by atoms with Gasteiger partial charge in [-0.2, -0.15) is 0 Å². The van der Waals surface area contributed by atoms with Crippen LogP contribution in [0.5, 0.6) is 5.75 Å². The zero-order valence-electron chi connectivity index (χ0n) is 16.4. The van der Waals surface area contributed by atoms with E-state index in [1.54, 1.807) is 16.5 Å². The van der Waals surface area contributed by atoms with Gasteiger partial charge in [0.2, 0.25) is 5.43 Å². The molecule has 4 atom stereocenters. The molecule has 2 aliphatic carbocycles. The second-order valence-electron chi connectivity index (χ2n) is 8.36. The highest BCUT2D eigenvalue weighted by Crippen LogP contribution is 2.59.